The molecule has 0 bridgehead atoms. The van der Waals surface area contributed by atoms with Gasteiger partial charge in [-0.1, -0.05) is 45.0 Å². The van der Waals surface area contributed by atoms with E-state index in [1.54, 1.807) is 0 Å². The first-order chi connectivity index (χ1) is 8.86. The van der Waals surface area contributed by atoms with Gasteiger partial charge in [0.05, 0.1) is 0 Å². The van der Waals surface area contributed by atoms with Crippen LogP contribution in [0.15, 0.2) is 24.3 Å². The van der Waals surface area contributed by atoms with E-state index in [9.17, 15) is 4.79 Å². The van der Waals surface area contributed by atoms with Crippen molar-refractivity contribution >= 4 is 5.78 Å². The van der Waals surface area contributed by atoms with Gasteiger partial charge in [0.2, 0.25) is 0 Å². The lowest BCUT2D eigenvalue weighted by Gasteiger charge is -2.19. The van der Waals surface area contributed by atoms with E-state index < -0.39 is 0 Å². The fourth-order valence-corrected chi connectivity index (χ4v) is 2.38. The highest BCUT2D eigenvalue weighted by Crippen LogP contribution is 2.33. The van der Waals surface area contributed by atoms with Gasteiger partial charge in [0.25, 0.3) is 0 Å². The molecule has 1 aliphatic rings. The number of carbonyl (C=O) groups excluding carboxylic acids is 1. The van der Waals surface area contributed by atoms with Crippen molar-refractivity contribution in [2.75, 3.05) is 0 Å². The molecule has 0 saturated heterocycles. The van der Waals surface area contributed by atoms with Gasteiger partial charge >= 0.3 is 0 Å². The molecule has 0 aliphatic heterocycles. The second kappa shape index (κ2) is 5.46. The first-order valence-electron chi connectivity index (χ1n) is 7.23. The lowest BCUT2D eigenvalue weighted by molar-refractivity contribution is -0.118. The number of hydrogen-bond donors (Lipinski definition) is 1. The number of benzene rings is 1. The molecule has 1 aromatic rings. The molecule has 1 atom stereocenters. The molecule has 2 N–H and O–H groups in total. The van der Waals surface area contributed by atoms with Crippen LogP contribution in [0.25, 0.3) is 0 Å². The summed E-state index contributed by atoms with van der Waals surface area (Å²) >= 11 is 0. The largest absolute Gasteiger partial charge is 0.327 e. The molecule has 1 aliphatic carbocycles. The molecule has 104 valence electrons. The van der Waals surface area contributed by atoms with Gasteiger partial charge in [0, 0.05) is 18.9 Å². The van der Waals surface area contributed by atoms with E-state index in [1.807, 2.05) is 0 Å². The van der Waals surface area contributed by atoms with Crippen LogP contribution < -0.4 is 5.73 Å². The van der Waals surface area contributed by atoms with Crippen molar-refractivity contribution in [1.29, 1.82) is 0 Å². The maximum atomic E-state index is 12.0. The standard InChI is InChI=1S/C17H25NO/c1-17(2,3)14-8-4-12(5-9-14)10-15(19)11-16(18)13-6-7-13/h4-5,8-9,13,16H,6-7,10-11,18H2,1-3H3. The molecule has 2 nitrogen and oxygen atoms in total. The van der Waals surface area contributed by atoms with Crippen LogP contribution in [0.5, 0.6) is 0 Å². The van der Waals surface area contributed by atoms with Gasteiger partial charge in [0.1, 0.15) is 5.78 Å². The number of rotatable bonds is 5. The van der Waals surface area contributed by atoms with Crippen LogP contribution in [0.4, 0.5) is 0 Å². The van der Waals surface area contributed by atoms with Crippen molar-refractivity contribution in [2.45, 2.75) is 57.9 Å². The Labute approximate surface area is 116 Å². The lowest BCUT2D eigenvalue weighted by Crippen LogP contribution is -2.26. The van der Waals surface area contributed by atoms with Crippen LogP contribution >= 0.6 is 0 Å². The Morgan fingerprint density at radius 2 is 1.84 bits per heavy atom. The molecular formula is C17H25NO. The smallest absolute Gasteiger partial charge is 0.138 e. The number of carbonyl (C=O) groups is 1. The molecule has 2 rings (SSSR count). The summed E-state index contributed by atoms with van der Waals surface area (Å²) in [5, 5.41) is 0. The minimum atomic E-state index is 0.0846. The fraction of sp³-hybridized carbons (Fsp3) is 0.588. The quantitative estimate of drug-likeness (QED) is 0.882. The summed E-state index contributed by atoms with van der Waals surface area (Å²) in [6.45, 7) is 6.59. The Morgan fingerprint density at radius 1 is 1.26 bits per heavy atom. The Balaban J connectivity index is 1.90. The summed E-state index contributed by atoms with van der Waals surface area (Å²) in [5.41, 5.74) is 8.56. The predicted molar refractivity (Wildman–Crippen MR) is 79.2 cm³/mol. The summed E-state index contributed by atoms with van der Waals surface area (Å²) < 4.78 is 0. The molecule has 0 aromatic heterocycles. The topological polar surface area (TPSA) is 43.1 Å². The van der Waals surface area contributed by atoms with E-state index in [-0.39, 0.29) is 17.2 Å². The lowest BCUT2D eigenvalue weighted by atomic mass is 9.86. The van der Waals surface area contributed by atoms with Gasteiger partial charge in [0.15, 0.2) is 0 Å². The summed E-state index contributed by atoms with van der Waals surface area (Å²) in [4.78, 5) is 12.0. The second-order valence-electron chi connectivity index (χ2n) is 6.87. The van der Waals surface area contributed by atoms with Crippen LogP contribution in [-0.4, -0.2) is 11.8 Å². The minimum absolute atomic E-state index is 0.0846. The van der Waals surface area contributed by atoms with E-state index in [0.717, 1.165) is 5.56 Å². The number of hydrogen-bond acceptors (Lipinski definition) is 2. The summed E-state index contributed by atoms with van der Waals surface area (Å²) in [7, 11) is 0. The first-order valence-corrected chi connectivity index (χ1v) is 7.23. The normalized spacial score (nSPS) is 17.3. The number of ketones is 1. The summed E-state index contributed by atoms with van der Waals surface area (Å²) in [6.07, 6.45) is 3.46. The average molecular weight is 259 g/mol. The maximum Gasteiger partial charge on any atom is 0.138 e. The predicted octanol–water partition coefficient (Wildman–Crippen LogP) is 3.22. The second-order valence-corrected chi connectivity index (χ2v) is 6.87. The maximum absolute atomic E-state index is 12.0. The molecule has 1 unspecified atom stereocenters. The molecule has 0 radical (unpaired) electrons. The van der Waals surface area contributed by atoms with Crippen molar-refractivity contribution in [3.63, 3.8) is 0 Å². The van der Waals surface area contributed by atoms with E-state index >= 15 is 0 Å². The fourth-order valence-electron chi connectivity index (χ4n) is 2.38. The van der Waals surface area contributed by atoms with Gasteiger partial charge < -0.3 is 5.73 Å². The zero-order valence-electron chi connectivity index (χ0n) is 12.3. The van der Waals surface area contributed by atoms with E-state index in [0.29, 0.717) is 18.8 Å². The Kier molecular flexibility index (Phi) is 4.10. The monoisotopic (exact) mass is 259 g/mol. The molecule has 19 heavy (non-hydrogen) atoms. The Morgan fingerprint density at radius 3 is 2.32 bits per heavy atom. The third-order valence-electron chi connectivity index (χ3n) is 3.91. The third kappa shape index (κ3) is 4.17. The van der Waals surface area contributed by atoms with E-state index in [2.05, 4.69) is 45.0 Å². The number of Topliss-reactive ketones (excluding diaryl/α,β-unsaturated/α-hetero) is 1. The van der Waals surface area contributed by atoms with Crippen LogP contribution in [0.3, 0.4) is 0 Å². The molecule has 0 spiro atoms. The molecule has 0 amide bonds. The van der Waals surface area contributed by atoms with Gasteiger partial charge in [-0.3, -0.25) is 4.79 Å². The molecule has 1 aromatic carbocycles. The SMILES string of the molecule is CC(C)(C)c1ccc(CC(=O)CC(N)C2CC2)cc1. The molecular weight excluding hydrogens is 234 g/mol. The van der Waals surface area contributed by atoms with Crippen molar-refractivity contribution < 1.29 is 4.79 Å². The molecule has 2 heteroatoms. The van der Waals surface area contributed by atoms with Crippen LogP contribution in [0.1, 0.15) is 51.2 Å². The highest BCUT2D eigenvalue weighted by atomic mass is 16.1. The van der Waals surface area contributed by atoms with Gasteiger partial charge in [-0.2, -0.15) is 0 Å². The zero-order valence-corrected chi connectivity index (χ0v) is 12.3. The minimum Gasteiger partial charge on any atom is -0.327 e. The summed E-state index contributed by atoms with van der Waals surface area (Å²) in [6, 6.07) is 8.48. The molecule has 1 saturated carbocycles. The highest BCUT2D eigenvalue weighted by molar-refractivity contribution is 5.81. The van der Waals surface area contributed by atoms with Crippen LogP contribution in [-0.2, 0) is 16.6 Å². The van der Waals surface area contributed by atoms with Crippen molar-refractivity contribution in [3.8, 4) is 0 Å². The highest BCUT2D eigenvalue weighted by Gasteiger charge is 2.29. The molecule has 1 fully saturated rings. The van der Waals surface area contributed by atoms with Gasteiger partial charge in [-0.25, -0.2) is 0 Å². The number of nitrogens with two attached hydrogens (primary N) is 1. The summed E-state index contributed by atoms with van der Waals surface area (Å²) in [5.74, 6) is 0.870. The zero-order chi connectivity index (χ0) is 14.0. The average Bonchev–Trinajstić information content (AvgIpc) is 3.11. The Bertz CT molecular complexity index is 437. The van der Waals surface area contributed by atoms with Crippen molar-refractivity contribution in [1.82, 2.24) is 0 Å². The third-order valence-corrected chi connectivity index (χ3v) is 3.91. The van der Waals surface area contributed by atoms with Crippen LogP contribution in [0.2, 0.25) is 0 Å². The van der Waals surface area contributed by atoms with E-state index in [4.69, 9.17) is 5.73 Å². The Hall–Kier alpha value is -1.15. The van der Waals surface area contributed by atoms with Crippen LogP contribution in [0, 0.1) is 5.92 Å². The van der Waals surface area contributed by atoms with Crippen molar-refractivity contribution in [3.05, 3.63) is 35.4 Å². The van der Waals surface area contributed by atoms with E-state index in [1.165, 1.54) is 18.4 Å². The van der Waals surface area contributed by atoms with Crippen molar-refractivity contribution in [2.24, 2.45) is 11.7 Å². The van der Waals surface area contributed by atoms with Gasteiger partial charge in [-0.15, -0.1) is 0 Å². The first kappa shape index (κ1) is 14.3. The molecule has 0 heterocycles. The van der Waals surface area contributed by atoms with Gasteiger partial charge in [-0.05, 0) is 35.3 Å².